The van der Waals surface area contributed by atoms with Crippen LogP contribution in [0.5, 0.6) is 5.75 Å². The van der Waals surface area contributed by atoms with Gasteiger partial charge in [0, 0.05) is 24.7 Å². The zero-order valence-electron chi connectivity index (χ0n) is 11.9. The predicted octanol–water partition coefficient (Wildman–Crippen LogP) is 2.20. The highest BCUT2D eigenvalue weighted by molar-refractivity contribution is 5.30. The molecule has 0 spiro atoms. The molecule has 0 fully saturated rings. The minimum absolute atomic E-state index is 0.0206. The van der Waals surface area contributed by atoms with E-state index in [0.717, 1.165) is 6.54 Å². The Kier molecular flexibility index (Phi) is 4.68. The van der Waals surface area contributed by atoms with Crippen molar-refractivity contribution in [2.75, 3.05) is 6.54 Å². The number of ether oxygens (including phenoxy) is 1. The van der Waals surface area contributed by atoms with Gasteiger partial charge >= 0.3 is 0 Å². The maximum atomic E-state index is 14.0. The Morgan fingerprint density at radius 3 is 2.85 bits per heavy atom. The second-order valence-electron chi connectivity index (χ2n) is 4.61. The number of rotatable bonds is 6. The third kappa shape index (κ3) is 3.33. The molecule has 1 aromatic heterocycles. The van der Waals surface area contributed by atoms with Gasteiger partial charge in [-0.25, -0.2) is 4.39 Å². The zero-order chi connectivity index (χ0) is 14.5. The van der Waals surface area contributed by atoms with E-state index in [2.05, 4.69) is 15.5 Å². The van der Waals surface area contributed by atoms with Gasteiger partial charge in [0.15, 0.2) is 5.82 Å². The third-order valence-electron chi connectivity index (χ3n) is 3.12. The molecule has 0 amide bonds. The number of halogens is 1. The van der Waals surface area contributed by atoms with Crippen molar-refractivity contribution in [3.05, 3.63) is 41.7 Å². The summed E-state index contributed by atoms with van der Waals surface area (Å²) >= 11 is 0. The summed E-state index contributed by atoms with van der Waals surface area (Å²) in [6.45, 7) is 4.98. The summed E-state index contributed by atoms with van der Waals surface area (Å²) in [5.41, 5.74) is 0.637. The Hall–Kier alpha value is -1.95. The lowest BCUT2D eigenvalue weighted by atomic mass is 10.1. The van der Waals surface area contributed by atoms with E-state index in [9.17, 15) is 4.39 Å². The van der Waals surface area contributed by atoms with Crippen LogP contribution in [0.25, 0.3) is 0 Å². The molecule has 0 aliphatic rings. The van der Waals surface area contributed by atoms with Gasteiger partial charge in [0.1, 0.15) is 24.5 Å². The molecule has 2 rings (SSSR count). The molecule has 1 unspecified atom stereocenters. The molecule has 0 radical (unpaired) electrons. The number of aryl methyl sites for hydroxylation is 1. The summed E-state index contributed by atoms with van der Waals surface area (Å²) in [7, 11) is 1.83. The number of hydrogen-bond acceptors (Lipinski definition) is 4. The Bertz CT molecular complexity index is 570. The topological polar surface area (TPSA) is 52.0 Å². The average Bonchev–Trinajstić information content (AvgIpc) is 2.82. The van der Waals surface area contributed by atoms with Gasteiger partial charge in [0.05, 0.1) is 0 Å². The second kappa shape index (κ2) is 6.47. The fraction of sp³-hybridized carbons (Fsp3) is 0.429. The van der Waals surface area contributed by atoms with E-state index in [1.54, 1.807) is 23.0 Å². The minimum atomic E-state index is -0.270. The van der Waals surface area contributed by atoms with E-state index in [0.29, 0.717) is 17.1 Å². The Morgan fingerprint density at radius 1 is 1.45 bits per heavy atom. The van der Waals surface area contributed by atoms with Gasteiger partial charge in [0.2, 0.25) is 0 Å². The molecule has 108 valence electrons. The normalized spacial score (nSPS) is 12.4. The van der Waals surface area contributed by atoms with Gasteiger partial charge in [-0.05, 0) is 19.5 Å². The Balaban J connectivity index is 2.03. The summed E-state index contributed by atoms with van der Waals surface area (Å²) in [6, 6.07) is 4.89. The van der Waals surface area contributed by atoms with Gasteiger partial charge in [-0.2, -0.15) is 0 Å². The van der Waals surface area contributed by atoms with Crippen molar-refractivity contribution >= 4 is 0 Å². The van der Waals surface area contributed by atoms with Crippen molar-refractivity contribution in [3.63, 3.8) is 0 Å². The van der Waals surface area contributed by atoms with Crippen LogP contribution in [0.2, 0.25) is 0 Å². The summed E-state index contributed by atoms with van der Waals surface area (Å²) in [5, 5.41) is 10.8. The number of aromatic nitrogens is 3. The van der Waals surface area contributed by atoms with Crippen molar-refractivity contribution in [2.45, 2.75) is 26.5 Å². The zero-order valence-corrected chi connectivity index (χ0v) is 11.9. The van der Waals surface area contributed by atoms with Crippen LogP contribution in [0, 0.1) is 5.82 Å². The van der Waals surface area contributed by atoms with Gasteiger partial charge in [-0.3, -0.25) is 0 Å². The fourth-order valence-corrected chi connectivity index (χ4v) is 1.95. The molecule has 0 saturated heterocycles. The fourth-order valence-electron chi connectivity index (χ4n) is 1.95. The first-order valence-corrected chi connectivity index (χ1v) is 6.60. The molecule has 0 bridgehead atoms. The molecule has 1 aromatic carbocycles. The highest BCUT2D eigenvalue weighted by atomic mass is 19.1. The van der Waals surface area contributed by atoms with E-state index < -0.39 is 0 Å². The predicted molar refractivity (Wildman–Crippen MR) is 73.8 cm³/mol. The highest BCUT2D eigenvalue weighted by Crippen LogP contribution is 2.22. The van der Waals surface area contributed by atoms with E-state index in [-0.39, 0.29) is 18.5 Å². The largest absolute Gasteiger partial charge is 0.486 e. The van der Waals surface area contributed by atoms with E-state index in [1.165, 1.54) is 6.07 Å². The third-order valence-corrected chi connectivity index (χ3v) is 3.12. The quantitative estimate of drug-likeness (QED) is 0.880. The molecule has 1 N–H and O–H groups in total. The number of hydrogen-bond donors (Lipinski definition) is 1. The number of nitrogens with one attached hydrogen (secondary N) is 1. The van der Waals surface area contributed by atoms with Crippen LogP contribution in [-0.2, 0) is 13.7 Å². The molecule has 20 heavy (non-hydrogen) atoms. The van der Waals surface area contributed by atoms with Crippen molar-refractivity contribution in [1.29, 1.82) is 0 Å². The van der Waals surface area contributed by atoms with Crippen molar-refractivity contribution in [1.82, 2.24) is 20.1 Å². The smallest absolute Gasteiger partial charge is 0.170 e. The molecule has 0 aliphatic carbocycles. The summed E-state index contributed by atoms with van der Waals surface area (Å²) in [4.78, 5) is 0. The lowest BCUT2D eigenvalue weighted by molar-refractivity contribution is 0.289. The first-order valence-electron chi connectivity index (χ1n) is 6.60. The standard InChI is InChI=1S/C14H19FN4O/c1-4-16-10(2)12-6-5-11(7-13(12)15)20-8-14-18-17-9-19(14)3/h5-7,9-10,16H,4,8H2,1-3H3. The van der Waals surface area contributed by atoms with E-state index >= 15 is 0 Å². The molecule has 2 aromatic rings. The lowest BCUT2D eigenvalue weighted by Gasteiger charge is -2.14. The van der Waals surface area contributed by atoms with Crippen molar-refractivity contribution in [2.24, 2.45) is 7.05 Å². The summed E-state index contributed by atoms with van der Waals surface area (Å²) in [6.07, 6.45) is 1.60. The highest BCUT2D eigenvalue weighted by Gasteiger charge is 2.11. The molecule has 0 aliphatic heterocycles. The minimum Gasteiger partial charge on any atom is -0.486 e. The van der Waals surface area contributed by atoms with E-state index in [4.69, 9.17) is 4.74 Å². The summed E-state index contributed by atoms with van der Waals surface area (Å²) in [5.74, 6) is 0.905. The Morgan fingerprint density at radius 2 is 2.25 bits per heavy atom. The van der Waals surface area contributed by atoms with Gasteiger partial charge < -0.3 is 14.6 Å². The van der Waals surface area contributed by atoms with Crippen LogP contribution in [-0.4, -0.2) is 21.3 Å². The first kappa shape index (κ1) is 14.5. The van der Waals surface area contributed by atoms with Crippen LogP contribution in [0.15, 0.2) is 24.5 Å². The molecule has 0 saturated carbocycles. The molecular weight excluding hydrogens is 259 g/mol. The van der Waals surface area contributed by atoms with Crippen LogP contribution >= 0.6 is 0 Å². The Labute approximate surface area is 117 Å². The van der Waals surface area contributed by atoms with Crippen LogP contribution in [0.1, 0.15) is 31.3 Å². The molecule has 5 nitrogen and oxygen atoms in total. The monoisotopic (exact) mass is 278 g/mol. The molecule has 1 heterocycles. The second-order valence-corrected chi connectivity index (χ2v) is 4.61. The molecule has 1 atom stereocenters. The number of benzene rings is 1. The van der Waals surface area contributed by atoms with E-state index in [1.807, 2.05) is 20.9 Å². The van der Waals surface area contributed by atoms with Gasteiger partial charge in [-0.1, -0.05) is 13.0 Å². The molecular formula is C14H19FN4O. The number of nitrogens with zero attached hydrogens (tertiary/aromatic N) is 3. The molecule has 6 heteroatoms. The average molecular weight is 278 g/mol. The van der Waals surface area contributed by atoms with Gasteiger partial charge in [-0.15, -0.1) is 10.2 Å². The van der Waals surface area contributed by atoms with Crippen LogP contribution in [0.3, 0.4) is 0 Å². The summed E-state index contributed by atoms with van der Waals surface area (Å²) < 4.78 is 21.3. The SMILES string of the molecule is CCNC(C)c1ccc(OCc2nncn2C)cc1F. The van der Waals surface area contributed by atoms with Crippen LogP contribution < -0.4 is 10.1 Å². The maximum Gasteiger partial charge on any atom is 0.170 e. The van der Waals surface area contributed by atoms with Gasteiger partial charge in [0.25, 0.3) is 0 Å². The lowest BCUT2D eigenvalue weighted by Crippen LogP contribution is -2.18. The maximum absolute atomic E-state index is 14.0. The first-order chi connectivity index (χ1) is 9.61. The van der Waals surface area contributed by atoms with Crippen molar-refractivity contribution < 1.29 is 9.13 Å². The van der Waals surface area contributed by atoms with Crippen LogP contribution in [0.4, 0.5) is 4.39 Å². The van der Waals surface area contributed by atoms with Crippen molar-refractivity contribution in [3.8, 4) is 5.75 Å².